The van der Waals surface area contributed by atoms with Gasteiger partial charge in [0.1, 0.15) is 0 Å². The standard InChI is InChI=1S/C20H25N3O2/c1-3-11-23-12-5-4-6-18(23)20(25)22-17-13-15(8-7-14(17)2)19(24)21-16-9-10-16/h1,7-8,13,16,18H,4-6,9-12H2,2H3,(H,21,24)(H,22,25)/t18-/m0/s1. The van der Waals surface area contributed by atoms with E-state index in [1.54, 1.807) is 12.1 Å². The molecule has 0 aromatic heterocycles. The van der Waals surface area contributed by atoms with Crippen LogP contribution in [-0.4, -0.2) is 41.9 Å². The number of terminal acetylenes is 1. The van der Waals surface area contributed by atoms with Crippen LogP contribution in [0.3, 0.4) is 0 Å². The van der Waals surface area contributed by atoms with Gasteiger partial charge in [-0.25, -0.2) is 0 Å². The molecular weight excluding hydrogens is 314 g/mol. The van der Waals surface area contributed by atoms with Gasteiger partial charge in [-0.1, -0.05) is 18.4 Å². The van der Waals surface area contributed by atoms with E-state index >= 15 is 0 Å². The van der Waals surface area contributed by atoms with E-state index in [4.69, 9.17) is 6.42 Å². The molecule has 1 aliphatic carbocycles. The average molecular weight is 339 g/mol. The number of carbonyl (C=O) groups excluding carboxylic acids is 2. The van der Waals surface area contributed by atoms with Crippen LogP contribution in [0.4, 0.5) is 5.69 Å². The van der Waals surface area contributed by atoms with Crippen LogP contribution in [0.5, 0.6) is 0 Å². The first-order valence-corrected chi connectivity index (χ1v) is 8.98. The smallest absolute Gasteiger partial charge is 0.251 e. The lowest BCUT2D eigenvalue weighted by molar-refractivity contribution is -0.122. The summed E-state index contributed by atoms with van der Waals surface area (Å²) in [4.78, 5) is 27.0. The van der Waals surface area contributed by atoms with Gasteiger partial charge in [0.2, 0.25) is 5.91 Å². The summed E-state index contributed by atoms with van der Waals surface area (Å²) in [7, 11) is 0. The zero-order chi connectivity index (χ0) is 17.8. The van der Waals surface area contributed by atoms with Gasteiger partial charge in [0.05, 0.1) is 12.6 Å². The molecule has 0 bridgehead atoms. The first-order chi connectivity index (χ1) is 12.1. The molecule has 2 N–H and O–H groups in total. The Morgan fingerprint density at radius 1 is 1.28 bits per heavy atom. The number of likely N-dealkylation sites (tertiary alicyclic amines) is 1. The number of hydrogen-bond donors (Lipinski definition) is 2. The van der Waals surface area contributed by atoms with Crippen LogP contribution in [0.1, 0.15) is 48.0 Å². The van der Waals surface area contributed by atoms with Crippen LogP contribution in [0.25, 0.3) is 0 Å². The Labute approximate surface area is 149 Å². The summed E-state index contributed by atoms with van der Waals surface area (Å²) >= 11 is 0. The number of amides is 2. The molecule has 132 valence electrons. The van der Waals surface area contributed by atoms with E-state index in [-0.39, 0.29) is 17.9 Å². The molecule has 1 aliphatic heterocycles. The summed E-state index contributed by atoms with van der Waals surface area (Å²) < 4.78 is 0. The van der Waals surface area contributed by atoms with Gasteiger partial charge in [-0.05, 0) is 56.8 Å². The van der Waals surface area contributed by atoms with Gasteiger partial charge >= 0.3 is 0 Å². The van der Waals surface area contributed by atoms with Crippen LogP contribution >= 0.6 is 0 Å². The number of anilines is 1. The van der Waals surface area contributed by atoms with Gasteiger partial charge in [-0.15, -0.1) is 6.42 Å². The Kier molecular flexibility index (Phi) is 5.40. The van der Waals surface area contributed by atoms with E-state index < -0.39 is 0 Å². The van der Waals surface area contributed by atoms with Crippen molar-refractivity contribution < 1.29 is 9.59 Å². The van der Waals surface area contributed by atoms with Crippen molar-refractivity contribution in [2.24, 2.45) is 0 Å². The second-order valence-corrected chi connectivity index (χ2v) is 6.95. The highest BCUT2D eigenvalue weighted by molar-refractivity contribution is 5.99. The molecule has 2 fully saturated rings. The van der Waals surface area contributed by atoms with E-state index in [0.717, 1.165) is 44.2 Å². The van der Waals surface area contributed by atoms with Gasteiger partial charge < -0.3 is 10.6 Å². The molecule has 1 saturated heterocycles. The maximum atomic E-state index is 12.8. The van der Waals surface area contributed by atoms with E-state index in [2.05, 4.69) is 21.5 Å². The first kappa shape index (κ1) is 17.5. The Morgan fingerprint density at radius 2 is 2.08 bits per heavy atom. The number of rotatable bonds is 5. The Bertz CT molecular complexity index is 703. The molecule has 1 aromatic carbocycles. The van der Waals surface area contributed by atoms with Crippen LogP contribution in [-0.2, 0) is 4.79 Å². The fraction of sp³-hybridized carbons (Fsp3) is 0.500. The predicted molar refractivity (Wildman–Crippen MR) is 98.3 cm³/mol. The van der Waals surface area contributed by atoms with Crippen molar-refractivity contribution in [1.82, 2.24) is 10.2 Å². The number of nitrogens with zero attached hydrogens (tertiary/aromatic N) is 1. The molecule has 1 aromatic rings. The highest BCUT2D eigenvalue weighted by Crippen LogP contribution is 2.23. The number of nitrogens with one attached hydrogen (secondary N) is 2. The van der Waals surface area contributed by atoms with Crippen molar-refractivity contribution in [3.63, 3.8) is 0 Å². The molecule has 1 saturated carbocycles. The molecular formula is C20H25N3O2. The van der Waals surface area contributed by atoms with Crippen molar-refractivity contribution in [1.29, 1.82) is 0 Å². The highest BCUT2D eigenvalue weighted by atomic mass is 16.2. The molecule has 25 heavy (non-hydrogen) atoms. The van der Waals surface area contributed by atoms with Crippen LogP contribution in [0.15, 0.2) is 18.2 Å². The summed E-state index contributed by atoms with van der Waals surface area (Å²) in [6, 6.07) is 5.55. The molecule has 2 aliphatic rings. The van der Waals surface area contributed by atoms with Gasteiger partial charge in [0.25, 0.3) is 5.91 Å². The number of carbonyl (C=O) groups is 2. The Hall–Kier alpha value is -2.32. The van der Waals surface area contributed by atoms with Crippen molar-refractivity contribution in [2.75, 3.05) is 18.4 Å². The summed E-state index contributed by atoms with van der Waals surface area (Å²) in [5.41, 5.74) is 2.22. The number of hydrogen-bond acceptors (Lipinski definition) is 3. The fourth-order valence-electron chi connectivity index (χ4n) is 3.20. The molecule has 5 nitrogen and oxygen atoms in total. The third-order valence-corrected chi connectivity index (χ3v) is 4.88. The van der Waals surface area contributed by atoms with Gasteiger partial charge in [0.15, 0.2) is 0 Å². The second-order valence-electron chi connectivity index (χ2n) is 6.95. The van der Waals surface area contributed by atoms with E-state index in [9.17, 15) is 9.59 Å². The molecule has 2 amide bonds. The van der Waals surface area contributed by atoms with Crippen molar-refractivity contribution in [2.45, 2.75) is 51.1 Å². The zero-order valence-corrected chi connectivity index (χ0v) is 14.7. The maximum Gasteiger partial charge on any atom is 0.251 e. The van der Waals surface area contributed by atoms with Crippen LogP contribution < -0.4 is 10.6 Å². The minimum absolute atomic E-state index is 0.0437. The average Bonchev–Trinajstić information content (AvgIpc) is 3.41. The fourth-order valence-corrected chi connectivity index (χ4v) is 3.20. The SMILES string of the molecule is C#CCN1CCCC[C@H]1C(=O)Nc1cc(C(=O)NC2CC2)ccc1C. The van der Waals surface area contributed by atoms with E-state index in [1.807, 2.05) is 13.0 Å². The monoisotopic (exact) mass is 339 g/mol. The van der Waals surface area contributed by atoms with E-state index in [0.29, 0.717) is 23.8 Å². The van der Waals surface area contributed by atoms with Crippen LogP contribution in [0, 0.1) is 19.3 Å². The first-order valence-electron chi connectivity index (χ1n) is 8.98. The topological polar surface area (TPSA) is 61.4 Å². The molecule has 5 heteroatoms. The Balaban J connectivity index is 1.71. The van der Waals surface area contributed by atoms with Gasteiger partial charge in [-0.2, -0.15) is 0 Å². The lowest BCUT2D eigenvalue weighted by atomic mass is 10.0. The van der Waals surface area contributed by atoms with Crippen molar-refractivity contribution in [3.05, 3.63) is 29.3 Å². The number of piperidine rings is 1. The molecule has 0 radical (unpaired) electrons. The quantitative estimate of drug-likeness (QED) is 0.809. The van der Waals surface area contributed by atoms with E-state index in [1.165, 1.54) is 0 Å². The summed E-state index contributed by atoms with van der Waals surface area (Å²) in [6.07, 6.45) is 10.4. The third kappa shape index (κ3) is 4.40. The minimum Gasteiger partial charge on any atom is -0.349 e. The maximum absolute atomic E-state index is 12.8. The largest absolute Gasteiger partial charge is 0.349 e. The second kappa shape index (κ2) is 7.71. The zero-order valence-electron chi connectivity index (χ0n) is 14.7. The summed E-state index contributed by atoms with van der Waals surface area (Å²) in [5, 5.41) is 5.98. The summed E-state index contributed by atoms with van der Waals surface area (Å²) in [6.45, 7) is 3.27. The van der Waals surface area contributed by atoms with Crippen LogP contribution in [0.2, 0.25) is 0 Å². The minimum atomic E-state index is -0.201. The molecule has 0 spiro atoms. The summed E-state index contributed by atoms with van der Waals surface area (Å²) in [5.74, 6) is 2.52. The van der Waals surface area contributed by atoms with Gasteiger partial charge in [-0.3, -0.25) is 14.5 Å². The Morgan fingerprint density at radius 3 is 2.80 bits per heavy atom. The van der Waals surface area contributed by atoms with Crippen molar-refractivity contribution in [3.8, 4) is 12.3 Å². The molecule has 1 atom stereocenters. The molecule has 3 rings (SSSR count). The lowest BCUT2D eigenvalue weighted by Crippen LogP contribution is -2.47. The number of benzene rings is 1. The third-order valence-electron chi connectivity index (χ3n) is 4.88. The predicted octanol–water partition coefficient (Wildman–Crippen LogP) is 2.31. The normalized spacial score (nSPS) is 20.6. The lowest BCUT2D eigenvalue weighted by Gasteiger charge is -2.33. The highest BCUT2D eigenvalue weighted by Gasteiger charge is 2.28. The van der Waals surface area contributed by atoms with Gasteiger partial charge in [0, 0.05) is 17.3 Å². The molecule has 0 unspecified atom stereocenters. The number of aryl methyl sites for hydroxylation is 1. The van der Waals surface area contributed by atoms with Crippen molar-refractivity contribution >= 4 is 17.5 Å². The molecule has 1 heterocycles.